The average molecular weight is 240 g/mol. The Labute approximate surface area is 104 Å². The van der Waals surface area contributed by atoms with Gasteiger partial charge in [-0.15, -0.1) is 0 Å². The van der Waals surface area contributed by atoms with Crippen molar-refractivity contribution in [1.82, 2.24) is 0 Å². The number of ether oxygens (including phenoxy) is 3. The zero-order chi connectivity index (χ0) is 11.8. The molecular weight excluding hydrogens is 216 g/mol. The van der Waals surface area contributed by atoms with Gasteiger partial charge in [0.15, 0.2) is 0 Å². The lowest BCUT2D eigenvalue weighted by molar-refractivity contribution is -0.100. The fourth-order valence-corrected chi connectivity index (χ4v) is 3.45. The zero-order valence-corrected chi connectivity index (χ0v) is 10.9. The summed E-state index contributed by atoms with van der Waals surface area (Å²) in [5.74, 6) is 0. The highest BCUT2D eigenvalue weighted by atomic mass is 16.6. The van der Waals surface area contributed by atoms with Gasteiger partial charge in [-0.1, -0.05) is 0 Å². The molecule has 3 heteroatoms. The highest BCUT2D eigenvalue weighted by Crippen LogP contribution is 2.35. The highest BCUT2D eigenvalue weighted by molar-refractivity contribution is 4.89. The van der Waals surface area contributed by atoms with E-state index in [-0.39, 0.29) is 0 Å². The summed E-state index contributed by atoms with van der Waals surface area (Å²) in [5, 5.41) is 0. The summed E-state index contributed by atoms with van der Waals surface area (Å²) in [7, 11) is 0. The lowest BCUT2D eigenvalue weighted by Crippen LogP contribution is -2.31. The van der Waals surface area contributed by atoms with E-state index in [2.05, 4.69) is 13.8 Å². The maximum absolute atomic E-state index is 6.18. The molecule has 3 aliphatic rings. The SMILES string of the molecule is CC1CCC(C2CCC(C3CCC(C)O3)O2)O1. The second-order valence-corrected chi connectivity index (χ2v) is 5.92. The smallest absolute Gasteiger partial charge is 0.0842 e. The topological polar surface area (TPSA) is 27.7 Å². The molecule has 6 unspecified atom stereocenters. The van der Waals surface area contributed by atoms with Crippen LogP contribution in [0.15, 0.2) is 0 Å². The third-order valence-electron chi connectivity index (χ3n) is 4.44. The Morgan fingerprint density at radius 1 is 0.529 bits per heavy atom. The predicted octanol–water partition coefficient (Wildman–Crippen LogP) is 2.67. The van der Waals surface area contributed by atoms with Crippen LogP contribution in [0.5, 0.6) is 0 Å². The third kappa shape index (κ3) is 2.51. The van der Waals surface area contributed by atoms with E-state index in [0.717, 1.165) is 12.8 Å². The number of hydrogen-bond acceptors (Lipinski definition) is 3. The van der Waals surface area contributed by atoms with E-state index in [1.54, 1.807) is 0 Å². The van der Waals surface area contributed by atoms with Crippen LogP contribution in [0.2, 0.25) is 0 Å². The predicted molar refractivity (Wildman–Crippen MR) is 65.0 cm³/mol. The summed E-state index contributed by atoms with van der Waals surface area (Å²) in [4.78, 5) is 0. The van der Waals surface area contributed by atoms with Crippen LogP contribution in [0.3, 0.4) is 0 Å². The van der Waals surface area contributed by atoms with Crippen molar-refractivity contribution in [2.75, 3.05) is 0 Å². The van der Waals surface area contributed by atoms with Gasteiger partial charge >= 0.3 is 0 Å². The van der Waals surface area contributed by atoms with Crippen LogP contribution in [0.1, 0.15) is 52.4 Å². The molecule has 3 nitrogen and oxygen atoms in total. The van der Waals surface area contributed by atoms with E-state index in [4.69, 9.17) is 14.2 Å². The van der Waals surface area contributed by atoms with Crippen LogP contribution in [-0.2, 0) is 14.2 Å². The van der Waals surface area contributed by atoms with Crippen molar-refractivity contribution in [3.8, 4) is 0 Å². The molecule has 17 heavy (non-hydrogen) atoms. The number of rotatable bonds is 2. The van der Waals surface area contributed by atoms with Gasteiger partial charge in [-0.2, -0.15) is 0 Å². The van der Waals surface area contributed by atoms with E-state index in [9.17, 15) is 0 Å². The molecule has 3 aliphatic heterocycles. The minimum Gasteiger partial charge on any atom is -0.373 e. The third-order valence-corrected chi connectivity index (χ3v) is 4.44. The summed E-state index contributed by atoms with van der Waals surface area (Å²) in [6.45, 7) is 4.32. The largest absolute Gasteiger partial charge is 0.373 e. The van der Waals surface area contributed by atoms with E-state index in [0.29, 0.717) is 36.6 Å². The van der Waals surface area contributed by atoms with Crippen LogP contribution >= 0.6 is 0 Å². The van der Waals surface area contributed by atoms with Crippen molar-refractivity contribution in [3.05, 3.63) is 0 Å². The molecule has 0 aliphatic carbocycles. The van der Waals surface area contributed by atoms with Gasteiger partial charge in [0.05, 0.1) is 36.6 Å². The fourth-order valence-electron chi connectivity index (χ4n) is 3.45. The van der Waals surface area contributed by atoms with Gasteiger partial charge in [-0.05, 0) is 52.4 Å². The van der Waals surface area contributed by atoms with Crippen LogP contribution < -0.4 is 0 Å². The molecule has 0 aromatic heterocycles. The average Bonchev–Trinajstić information content (AvgIpc) is 2.96. The minimum atomic E-state index is 0.324. The van der Waals surface area contributed by atoms with Crippen molar-refractivity contribution < 1.29 is 14.2 Å². The number of hydrogen-bond donors (Lipinski definition) is 0. The van der Waals surface area contributed by atoms with Crippen LogP contribution in [0.4, 0.5) is 0 Å². The Bertz CT molecular complexity index is 242. The van der Waals surface area contributed by atoms with Crippen molar-refractivity contribution in [3.63, 3.8) is 0 Å². The summed E-state index contributed by atoms with van der Waals surface area (Å²) in [5.41, 5.74) is 0. The molecule has 0 aromatic rings. The van der Waals surface area contributed by atoms with E-state index in [1.807, 2.05) is 0 Å². The van der Waals surface area contributed by atoms with Gasteiger partial charge in [-0.3, -0.25) is 0 Å². The Morgan fingerprint density at radius 3 is 1.24 bits per heavy atom. The van der Waals surface area contributed by atoms with Crippen LogP contribution in [0.25, 0.3) is 0 Å². The Kier molecular flexibility index (Phi) is 3.42. The first kappa shape index (κ1) is 11.9. The lowest BCUT2D eigenvalue weighted by Gasteiger charge is -2.22. The quantitative estimate of drug-likeness (QED) is 0.742. The van der Waals surface area contributed by atoms with Crippen molar-refractivity contribution in [1.29, 1.82) is 0 Å². The van der Waals surface area contributed by atoms with Gasteiger partial charge in [0.2, 0.25) is 0 Å². The van der Waals surface area contributed by atoms with Gasteiger partial charge in [-0.25, -0.2) is 0 Å². The summed E-state index contributed by atoms with van der Waals surface area (Å²) in [6.07, 6.45) is 9.18. The second kappa shape index (κ2) is 4.87. The second-order valence-electron chi connectivity index (χ2n) is 5.92. The normalized spacial score (nSPS) is 51.2. The molecule has 3 saturated heterocycles. The van der Waals surface area contributed by atoms with Gasteiger partial charge in [0.1, 0.15) is 0 Å². The molecular formula is C14H24O3. The molecule has 0 bridgehead atoms. The summed E-state index contributed by atoms with van der Waals surface area (Å²) >= 11 is 0. The fraction of sp³-hybridized carbons (Fsp3) is 1.00. The molecule has 0 amide bonds. The van der Waals surface area contributed by atoms with Crippen molar-refractivity contribution in [2.45, 2.75) is 89.0 Å². The van der Waals surface area contributed by atoms with E-state index < -0.39 is 0 Å². The maximum atomic E-state index is 6.18. The molecule has 0 aromatic carbocycles. The van der Waals surface area contributed by atoms with E-state index >= 15 is 0 Å². The highest BCUT2D eigenvalue weighted by Gasteiger charge is 2.40. The van der Waals surface area contributed by atoms with Crippen LogP contribution in [-0.4, -0.2) is 36.6 Å². The first-order chi connectivity index (χ1) is 8.22. The molecule has 0 radical (unpaired) electrons. The van der Waals surface area contributed by atoms with Gasteiger partial charge in [0.25, 0.3) is 0 Å². The Morgan fingerprint density at radius 2 is 0.882 bits per heavy atom. The maximum Gasteiger partial charge on any atom is 0.0842 e. The van der Waals surface area contributed by atoms with Crippen LogP contribution in [0, 0.1) is 0 Å². The standard InChI is InChI=1S/C14H24O3/c1-9-3-5-11(15-9)13-7-8-14(17-13)12-6-4-10(2)16-12/h9-14H,3-8H2,1-2H3. The van der Waals surface area contributed by atoms with Crippen molar-refractivity contribution in [2.24, 2.45) is 0 Å². The zero-order valence-electron chi connectivity index (χ0n) is 10.9. The molecule has 0 spiro atoms. The molecule has 98 valence electrons. The molecule has 3 fully saturated rings. The molecule has 3 rings (SSSR count). The van der Waals surface area contributed by atoms with Crippen molar-refractivity contribution >= 4 is 0 Å². The molecule has 3 heterocycles. The minimum absolute atomic E-state index is 0.324. The van der Waals surface area contributed by atoms with Gasteiger partial charge in [0, 0.05) is 0 Å². The molecule has 6 atom stereocenters. The lowest BCUT2D eigenvalue weighted by atomic mass is 10.0. The molecule has 0 N–H and O–H groups in total. The Hall–Kier alpha value is -0.120. The Balaban J connectivity index is 1.51. The first-order valence-electron chi connectivity index (χ1n) is 7.19. The molecule has 0 saturated carbocycles. The summed E-state index contributed by atoms with van der Waals surface area (Å²) < 4.78 is 18.0. The first-order valence-corrected chi connectivity index (χ1v) is 7.19. The van der Waals surface area contributed by atoms with Gasteiger partial charge < -0.3 is 14.2 Å². The summed E-state index contributed by atoms with van der Waals surface area (Å²) in [6, 6.07) is 0. The van der Waals surface area contributed by atoms with E-state index in [1.165, 1.54) is 25.7 Å². The monoisotopic (exact) mass is 240 g/mol.